The predicted octanol–water partition coefficient (Wildman–Crippen LogP) is 2.19. The molecule has 1 atom stereocenters. The monoisotopic (exact) mass is 263 g/mol. The first-order valence-electron chi connectivity index (χ1n) is 4.89. The van der Waals surface area contributed by atoms with Crippen molar-refractivity contribution < 1.29 is 19.5 Å². The number of aliphatic hydroxyl groups is 2. The summed E-state index contributed by atoms with van der Waals surface area (Å²) >= 11 is 5.50. The van der Waals surface area contributed by atoms with E-state index in [0.717, 1.165) is 12.1 Å². The topological polar surface area (TPSA) is 83.6 Å². The number of nitro benzene ring substituents is 1. The van der Waals surface area contributed by atoms with Gasteiger partial charge >= 0.3 is 0 Å². The molecule has 0 aliphatic heterocycles. The van der Waals surface area contributed by atoms with Crippen LogP contribution in [0.1, 0.15) is 24.5 Å². The zero-order chi connectivity index (χ0) is 13.0. The Hall–Kier alpha value is -1.24. The van der Waals surface area contributed by atoms with Gasteiger partial charge in [-0.05, 0) is 18.9 Å². The second-order valence-electron chi connectivity index (χ2n) is 3.46. The molecule has 0 aliphatic carbocycles. The van der Waals surface area contributed by atoms with Crippen molar-refractivity contribution in [2.24, 2.45) is 0 Å². The first-order chi connectivity index (χ1) is 7.97. The maximum absolute atomic E-state index is 13.4. The molecule has 0 saturated carbocycles. The Labute approximate surface area is 102 Å². The molecule has 17 heavy (non-hydrogen) atoms. The van der Waals surface area contributed by atoms with Crippen LogP contribution in [0.25, 0.3) is 0 Å². The third-order valence-corrected chi connectivity index (χ3v) is 2.56. The minimum Gasteiger partial charge on any atom is -0.396 e. The lowest BCUT2D eigenvalue weighted by molar-refractivity contribution is -0.384. The van der Waals surface area contributed by atoms with E-state index >= 15 is 0 Å². The van der Waals surface area contributed by atoms with Crippen LogP contribution in [0.15, 0.2) is 12.1 Å². The number of hydrogen-bond acceptors (Lipinski definition) is 4. The van der Waals surface area contributed by atoms with E-state index in [2.05, 4.69) is 0 Å². The Morgan fingerprint density at radius 1 is 1.53 bits per heavy atom. The summed E-state index contributed by atoms with van der Waals surface area (Å²) in [6.07, 6.45) is -0.804. The minimum atomic E-state index is -1.20. The summed E-state index contributed by atoms with van der Waals surface area (Å²) in [5.74, 6) is -0.800. The highest BCUT2D eigenvalue weighted by Crippen LogP contribution is 2.31. The Kier molecular flexibility index (Phi) is 4.80. The maximum Gasteiger partial charge on any atom is 0.288 e. The van der Waals surface area contributed by atoms with Gasteiger partial charge in [-0.1, -0.05) is 11.6 Å². The molecule has 1 unspecified atom stereocenters. The van der Waals surface area contributed by atoms with Gasteiger partial charge in [-0.2, -0.15) is 0 Å². The third kappa shape index (κ3) is 3.36. The molecule has 0 saturated heterocycles. The van der Waals surface area contributed by atoms with E-state index in [1.807, 2.05) is 0 Å². The second kappa shape index (κ2) is 5.90. The zero-order valence-electron chi connectivity index (χ0n) is 8.77. The van der Waals surface area contributed by atoms with E-state index in [0.29, 0.717) is 0 Å². The first kappa shape index (κ1) is 13.8. The van der Waals surface area contributed by atoms with Gasteiger partial charge in [0.15, 0.2) is 0 Å². The molecular weight excluding hydrogens is 253 g/mol. The molecular formula is C10H11ClFNO4. The fraction of sp³-hybridized carbons (Fsp3) is 0.400. The molecule has 0 aromatic heterocycles. The highest BCUT2D eigenvalue weighted by molar-refractivity contribution is 6.32. The van der Waals surface area contributed by atoms with Crippen LogP contribution in [0.2, 0.25) is 5.02 Å². The number of hydrogen-bond donors (Lipinski definition) is 2. The lowest BCUT2D eigenvalue weighted by atomic mass is 10.0. The van der Waals surface area contributed by atoms with Crippen LogP contribution < -0.4 is 0 Å². The average Bonchev–Trinajstić information content (AvgIpc) is 2.25. The molecule has 94 valence electrons. The van der Waals surface area contributed by atoms with Crippen LogP contribution in [0.4, 0.5) is 10.1 Å². The molecule has 0 fully saturated rings. The van der Waals surface area contributed by atoms with E-state index in [1.165, 1.54) is 0 Å². The molecule has 0 radical (unpaired) electrons. The van der Waals surface area contributed by atoms with Gasteiger partial charge in [0.2, 0.25) is 0 Å². The number of nitro groups is 1. The van der Waals surface area contributed by atoms with Gasteiger partial charge in [0.05, 0.1) is 11.0 Å². The van der Waals surface area contributed by atoms with Gasteiger partial charge in [0.1, 0.15) is 10.8 Å². The minimum absolute atomic E-state index is 0.117. The number of nitrogens with zero attached hydrogens (tertiary/aromatic N) is 1. The van der Waals surface area contributed by atoms with E-state index in [1.54, 1.807) is 0 Å². The SMILES string of the molecule is O=[N+]([O-])c1cc(C(O)CCCO)c(F)cc1Cl. The largest absolute Gasteiger partial charge is 0.396 e. The molecule has 1 rings (SSSR count). The summed E-state index contributed by atoms with van der Waals surface area (Å²) < 4.78 is 13.4. The predicted molar refractivity (Wildman–Crippen MR) is 59.3 cm³/mol. The highest BCUT2D eigenvalue weighted by atomic mass is 35.5. The molecule has 7 heteroatoms. The summed E-state index contributed by atoms with van der Waals surface area (Å²) in [7, 11) is 0. The molecule has 1 aromatic rings. The molecule has 2 N–H and O–H groups in total. The van der Waals surface area contributed by atoms with E-state index < -0.39 is 22.5 Å². The van der Waals surface area contributed by atoms with E-state index in [-0.39, 0.29) is 30.0 Å². The zero-order valence-corrected chi connectivity index (χ0v) is 9.52. The molecule has 0 heterocycles. The van der Waals surface area contributed by atoms with Crippen LogP contribution in [0.3, 0.4) is 0 Å². The van der Waals surface area contributed by atoms with Crippen LogP contribution in [0.5, 0.6) is 0 Å². The van der Waals surface area contributed by atoms with Gasteiger partial charge in [-0.3, -0.25) is 10.1 Å². The van der Waals surface area contributed by atoms with Crippen molar-refractivity contribution in [1.29, 1.82) is 0 Å². The maximum atomic E-state index is 13.4. The van der Waals surface area contributed by atoms with Gasteiger partial charge in [0, 0.05) is 18.2 Å². The Balaban J connectivity index is 3.06. The summed E-state index contributed by atoms with van der Waals surface area (Å²) in [5.41, 5.74) is -0.638. The second-order valence-corrected chi connectivity index (χ2v) is 3.87. The molecule has 0 bridgehead atoms. The lowest BCUT2D eigenvalue weighted by Crippen LogP contribution is -2.03. The number of benzene rings is 1. The fourth-order valence-corrected chi connectivity index (χ4v) is 1.61. The summed E-state index contributed by atoms with van der Waals surface area (Å²) in [6, 6.07) is 1.72. The molecule has 1 aromatic carbocycles. The van der Waals surface area contributed by atoms with Crippen molar-refractivity contribution >= 4 is 17.3 Å². The van der Waals surface area contributed by atoms with Crippen LogP contribution in [0, 0.1) is 15.9 Å². The Bertz CT molecular complexity index is 427. The standard InChI is InChI=1S/C10H11ClFNO4/c11-7-5-8(12)6(4-9(7)13(16)17)10(15)2-1-3-14/h4-5,10,14-15H,1-3H2. The molecule has 5 nitrogen and oxygen atoms in total. The third-order valence-electron chi connectivity index (χ3n) is 2.26. The van der Waals surface area contributed by atoms with Gasteiger partial charge < -0.3 is 10.2 Å². The summed E-state index contributed by atoms with van der Waals surface area (Å²) in [6.45, 7) is -0.144. The van der Waals surface area contributed by atoms with Crippen molar-refractivity contribution in [3.63, 3.8) is 0 Å². The summed E-state index contributed by atoms with van der Waals surface area (Å²) in [5, 5.41) is 28.5. The number of aliphatic hydroxyl groups excluding tert-OH is 2. The van der Waals surface area contributed by atoms with Crippen molar-refractivity contribution in [2.45, 2.75) is 18.9 Å². The van der Waals surface area contributed by atoms with Crippen molar-refractivity contribution in [3.8, 4) is 0 Å². The Morgan fingerprint density at radius 2 is 2.18 bits per heavy atom. The van der Waals surface area contributed by atoms with Crippen LogP contribution in [-0.4, -0.2) is 21.7 Å². The highest BCUT2D eigenvalue weighted by Gasteiger charge is 2.21. The average molecular weight is 264 g/mol. The number of rotatable bonds is 5. The van der Waals surface area contributed by atoms with Gasteiger partial charge in [-0.25, -0.2) is 4.39 Å². The van der Waals surface area contributed by atoms with Crippen molar-refractivity contribution in [1.82, 2.24) is 0 Å². The summed E-state index contributed by atoms with van der Waals surface area (Å²) in [4.78, 5) is 9.85. The van der Waals surface area contributed by atoms with Crippen molar-refractivity contribution in [3.05, 3.63) is 38.7 Å². The number of halogens is 2. The van der Waals surface area contributed by atoms with Gasteiger partial charge in [-0.15, -0.1) is 0 Å². The van der Waals surface area contributed by atoms with Crippen molar-refractivity contribution in [2.75, 3.05) is 6.61 Å². The smallest absolute Gasteiger partial charge is 0.288 e. The lowest BCUT2D eigenvalue weighted by Gasteiger charge is -2.11. The fourth-order valence-electron chi connectivity index (χ4n) is 1.39. The molecule has 0 spiro atoms. The van der Waals surface area contributed by atoms with Gasteiger partial charge in [0.25, 0.3) is 5.69 Å². The van der Waals surface area contributed by atoms with E-state index in [4.69, 9.17) is 16.7 Å². The molecule has 0 aliphatic rings. The molecule has 0 amide bonds. The van der Waals surface area contributed by atoms with Crippen LogP contribution in [-0.2, 0) is 0 Å². The first-order valence-corrected chi connectivity index (χ1v) is 5.27. The normalized spacial score (nSPS) is 12.5. The van der Waals surface area contributed by atoms with E-state index in [9.17, 15) is 19.6 Å². The Morgan fingerprint density at radius 3 is 2.71 bits per heavy atom. The van der Waals surface area contributed by atoms with Crippen LogP contribution >= 0.6 is 11.6 Å². The quantitative estimate of drug-likeness (QED) is 0.630.